The highest BCUT2D eigenvalue weighted by Crippen LogP contribution is 2.35. The third-order valence-electron chi connectivity index (χ3n) is 6.65. The molecule has 6 rings (SSSR count). The number of hydrogen-bond donors (Lipinski definition) is 1. The van der Waals surface area contributed by atoms with Crippen LogP contribution in [-0.2, 0) is 6.54 Å². The summed E-state index contributed by atoms with van der Waals surface area (Å²) in [6.45, 7) is 2.87. The molecule has 4 aromatic rings. The number of aromatic nitrogens is 4. The normalized spacial score (nSPS) is 16.8. The highest BCUT2D eigenvalue weighted by Gasteiger charge is 2.25. The third-order valence-corrected chi connectivity index (χ3v) is 6.65. The first-order valence-electron chi connectivity index (χ1n) is 10.9. The van der Waals surface area contributed by atoms with Gasteiger partial charge in [0.05, 0.1) is 23.0 Å². The van der Waals surface area contributed by atoms with E-state index in [1.165, 1.54) is 17.7 Å². The molecule has 0 amide bonds. The summed E-state index contributed by atoms with van der Waals surface area (Å²) in [5.74, 6) is 0.841. The van der Waals surface area contributed by atoms with Crippen LogP contribution in [0.2, 0.25) is 0 Å². The summed E-state index contributed by atoms with van der Waals surface area (Å²) < 4.78 is 4.34. The number of anilines is 1. The monoisotopic (exact) mass is 421 g/mol. The second-order valence-electron chi connectivity index (χ2n) is 8.49. The maximum Gasteiger partial charge on any atom is 0.185 e. The van der Waals surface area contributed by atoms with Gasteiger partial charge in [-0.2, -0.15) is 5.26 Å². The van der Waals surface area contributed by atoms with Crippen molar-refractivity contribution >= 4 is 5.69 Å². The molecule has 0 aliphatic carbocycles. The average molecular weight is 422 g/mol. The second-order valence-corrected chi connectivity index (χ2v) is 8.49. The zero-order valence-corrected chi connectivity index (χ0v) is 17.9. The Morgan fingerprint density at radius 1 is 1.09 bits per heavy atom. The van der Waals surface area contributed by atoms with Gasteiger partial charge in [0, 0.05) is 43.1 Å². The zero-order chi connectivity index (χ0) is 21.7. The number of likely N-dealkylation sites (N-methyl/N-ethyl adjacent to an activating group) is 1. The van der Waals surface area contributed by atoms with Gasteiger partial charge in [0.25, 0.3) is 0 Å². The molecule has 0 saturated carbocycles. The molecule has 1 atom stereocenters. The first-order valence-corrected chi connectivity index (χ1v) is 10.9. The van der Waals surface area contributed by atoms with E-state index < -0.39 is 0 Å². The fourth-order valence-corrected chi connectivity index (χ4v) is 4.85. The number of nitrogens with one attached hydrogen (secondary N) is 1. The van der Waals surface area contributed by atoms with Crippen LogP contribution in [0.3, 0.4) is 0 Å². The van der Waals surface area contributed by atoms with E-state index >= 15 is 0 Å². The van der Waals surface area contributed by atoms with Gasteiger partial charge >= 0.3 is 0 Å². The van der Waals surface area contributed by atoms with Gasteiger partial charge in [0.2, 0.25) is 0 Å². The lowest BCUT2D eigenvalue weighted by Gasteiger charge is -2.21. The van der Waals surface area contributed by atoms with Crippen LogP contribution in [0.15, 0.2) is 61.1 Å². The Kier molecular flexibility index (Phi) is 4.33. The molecule has 158 valence electrons. The average Bonchev–Trinajstić information content (AvgIpc) is 3.57. The predicted molar refractivity (Wildman–Crippen MR) is 124 cm³/mol. The number of benzene rings is 2. The van der Waals surface area contributed by atoms with E-state index in [0.717, 1.165) is 48.0 Å². The standard InChI is InChI=1S/C25H23N7/c1-27-21-8-9-30(15-21)22-6-7-23-20(10-22)14-31-13-19(18-4-2-17(12-26)3-5-18)11-24(31)25-29-28-16-32(23)25/h2-7,10-11,13,16,21,27H,8-9,14-15H2,1H3. The summed E-state index contributed by atoms with van der Waals surface area (Å²) in [7, 11) is 2.04. The highest BCUT2D eigenvalue weighted by atomic mass is 15.3. The van der Waals surface area contributed by atoms with Crippen molar-refractivity contribution < 1.29 is 0 Å². The summed E-state index contributed by atoms with van der Waals surface area (Å²) >= 11 is 0. The van der Waals surface area contributed by atoms with E-state index in [1.807, 2.05) is 31.3 Å². The van der Waals surface area contributed by atoms with Crippen molar-refractivity contribution in [2.45, 2.75) is 19.0 Å². The van der Waals surface area contributed by atoms with Crippen LogP contribution in [0.25, 0.3) is 28.3 Å². The third kappa shape index (κ3) is 3.00. The van der Waals surface area contributed by atoms with Crippen molar-refractivity contribution in [1.29, 1.82) is 5.26 Å². The Hall–Kier alpha value is -3.89. The van der Waals surface area contributed by atoms with E-state index in [9.17, 15) is 0 Å². The summed E-state index contributed by atoms with van der Waals surface area (Å²) in [6.07, 6.45) is 5.13. The topological polar surface area (TPSA) is 74.7 Å². The van der Waals surface area contributed by atoms with Crippen molar-refractivity contribution in [1.82, 2.24) is 24.6 Å². The molecule has 1 N–H and O–H groups in total. The first kappa shape index (κ1) is 18.8. The van der Waals surface area contributed by atoms with Gasteiger partial charge in [-0.25, -0.2) is 0 Å². The van der Waals surface area contributed by atoms with Crippen LogP contribution in [-0.4, -0.2) is 45.5 Å². The largest absolute Gasteiger partial charge is 0.370 e. The van der Waals surface area contributed by atoms with Gasteiger partial charge in [0.1, 0.15) is 6.33 Å². The minimum atomic E-state index is 0.546. The predicted octanol–water partition coefficient (Wildman–Crippen LogP) is 3.43. The van der Waals surface area contributed by atoms with Gasteiger partial charge in [-0.05, 0) is 61.0 Å². The lowest BCUT2D eigenvalue weighted by Crippen LogP contribution is -2.29. The van der Waals surface area contributed by atoms with E-state index in [-0.39, 0.29) is 0 Å². The molecule has 2 aromatic carbocycles. The van der Waals surface area contributed by atoms with Gasteiger partial charge < -0.3 is 14.8 Å². The number of fused-ring (bicyclic) bond motifs is 5. The molecule has 2 aliphatic rings. The fourth-order valence-electron chi connectivity index (χ4n) is 4.85. The van der Waals surface area contributed by atoms with Crippen LogP contribution in [0.1, 0.15) is 17.5 Å². The summed E-state index contributed by atoms with van der Waals surface area (Å²) in [5, 5.41) is 21.1. The van der Waals surface area contributed by atoms with Crippen molar-refractivity contribution in [3.05, 3.63) is 72.2 Å². The first-order chi connectivity index (χ1) is 15.7. The molecule has 7 heteroatoms. The molecular weight excluding hydrogens is 398 g/mol. The van der Waals surface area contributed by atoms with Crippen molar-refractivity contribution in [3.8, 4) is 34.4 Å². The molecule has 4 heterocycles. The Bertz CT molecular complexity index is 1340. The van der Waals surface area contributed by atoms with Crippen molar-refractivity contribution in [2.24, 2.45) is 0 Å². The second kappa shape index (κ2) is 7.36. The van der Waals surface area contributed by atoms with E-state index in [4.69, 9.17) is 5.26 Å². The van der Waals surface area contributed by atoms with E-state index in [1.54, 1.807) is 6.33 Å². The molecule has 2 aliphatic heterocycles. The number of nitriles is 1. The number of hydrogen-bond acceptors (Lipinski definition) is 5. The minimum absolute atomic E-state index is 0.546. The molecule has 1 fully saturated rings. The highest BCUT2D eigenvalue weighted by molar-refractivity contribution is 5.72. The quantitative estimate of drug-likeness (QED) is 0.483. The molecule has 32 heavy (non-hydrogen) atoms. The number of nitrogens with zero attached hydrogens (tertiary/aromatic N) is 6. The maximum atomic E-state index is 9.09. The summed E-state index contributed by atoms with van der Waals surface area (Å²) in [5.41, 5.74) is 7.53. The molecule has 2 aromatic heterocycles. The lowest BCUT2D eigenvalue weighted by atomic mass is 10.1. The number of rotatable bonds is 3. The SMILES string of the molecule is CNC1CCN(c2ccc3c(c2)Cn2cc(-c4ccc(C#N)cc4)cc2-c2nncn2-3)C1. The lowest BCUT2D eigenvalue weighted by molar-refractivity contribution is 0.617. The van der Waals surface area contributed by atoms with E-state index in [2.05, 4.69) is 66.1 Å². The Morgan fingerprint density at radius 2 is 1.97 bits per heavy atom. The fraction of sp³-hybridized carbons (Fsp3) is 0.240. The van der Waals surface area contributed by atoms with Gasteiger partial charge in [0.15, 0.2) is 5.82 Å². The Morgan fingerprint density at radius 3 is 2.75 bits per heavy atom. The zero-order valence-electron chi connectivity index (χ0n) is 17.9. The minimum Gasteiger partial charge on any atom is -0.370 e. The van der Waals surface area contributed by atoms with Crippen LogP contribution >= 0.6 is 0 Å². The summed E-state index contributed by atoms with van der Waals surface area (Å²) in [6, 6.07) is 19.3. The molecule has 7 nitrogen and oxygen atoms in total. The Balaban J connectivity index is 1.42. The van der Waals surface area contributed by atoms with Crippen LogP contribution in [0.4, 0.5) is 5.69 Å². The van der Waals surface area contributed by atoms with Crippen LogP contribution in [0.5, 0.6) is 0 Å². The molecule has 0 radical (unpaired) electrons. The van der Waals surface area contributed by atoms with Crippen LogP contribution < -0.4 is 10.2 Å². The molecule has 0 spiro atoms. The van der Waals surface area contributed by atoms with Crippen molar-refractivity contribution in [2.75, 3.05) is 25.0 Å². The van der Waals surface area contributed by atoms with Gasteiger partial charge in [-0.3, -0.25) is 4.57 Å². The van der Waals surface area contributed by atoms with E-state index in [0.29, 0.717) is 11.6 Å². The molecule has 1 saturated heterocycles. The van der Waals surface area contributed by atoms with Gasteiger partial charge in [-0.1, -0.05) is 12.1 Å². The summed E-state index contributed by atoms with van der Waals surface area (Å²) in [4.78, 5) is 2.46. The van der Waals surface area contributed by atoms with Crippen LogP contribution in [0, 0.1) is 11.3 Å². The molecular formula is C25H23N7. The molecule has 1 unspecified atom stereocenters. The van der Waals surface area contributed by atoms with Crippen molar-refractivity contribution in [3.63, 3.8) is 0 Å². The Labute approximate surface area is 186 Å². The maximum absolute atomic E-state index is 9.09. The molecule has 0 bridgehead atoms. The van der Waals surface area contributed by atoms with Gasteiger partial charge in [-0.15, -0.1) is 10.2 Å². The smallest absolute Gasteiger partial charge is 0.185 e.